The number of hydrogen-bond donors (Lipinski definition) is 1. The lowest BCUT2D eigenvalue weighted by atomic mass is 10.0. The van der Waals surface area contributed by atoms with Crippen molar-refractivity contribution in [3.8, 4) is 0 Å². The summed E-state index contributed by atoms with van der Waals surface area (Å²) in [5.41, 5.74) is 1.94. The van der Waals surface area contributed by atoms with Crippen molar-refractivity contribution in [3.05, 3.63) is 48.0 Å². The fraction of sp³-hybridized carbons (Fsp3) is 0.619. The van der Waals surface area contributed by atoms with Crippen molar-refractivity contribution in [2.45, 2.75) is 70.9 Å². The van der Waals surface area contributed by atoms with Gasteiger partial charge in [-0.1, -0.05) is 56.6 Å². The molecule has 0 radical (unpaired) electrons. The monoisotopic (exact) mass is 380 g/mol. The highest BCUT2D eigenvalue weighted by molar-refractivity contribution is 6.76. The molecule has 0 aromatic heterocycles. The minimum Gasteiger partial charge on any atom is -0.390 e. The van der Waals surface area contributed by atoms with E-state index in [2.05, 4.69) is 26.2 Å². The van der Waals surface area contributed by atoms with Crippen molar-refractivity contribution < 1.29 is 19.3 Å². The minimum absolute atomic E-state index is 0.155. The van der Waals surface area contributed by atoms with E-state index in [9.17, 15) is 5.11 Å². The molecule has 0 aliphatic rings. The van der Waals surface area contributed by atoms with Crippen LogP contribution < -0.4 is 0 Å². The van der Waals surface area contributed by atoms with Gasteiger partial charge in [0.2, 0.25) is 0 Å². The number of rotatable bonds is 13. The molecule has 0 unspecified atom stereocenters. The lowest BCUT2D eigenvalue weighted by molar-refractivity contribution is -0.0745. The number of aliphatic hydroxyl groups is 1. The van der Waals surface area contributed by atoms with E-state index in [4.69, 9.17) is 14.2 Å². The molecule has 5 heteroatoms. The van der Waals surface area contributed by atoms with Gasteiger partial charge in [-0.15, -0.1) is 0 Å². The quantitative estimate of drug-likeness (QED) is 0.235. The van der Waals surface area contributed by atoms with E-state index >= 15 is 0 Å². The molecule has 0 saturated heterocycles. The van der Waals surface area contributed by atoms with Crippen LogP contribution in [0.3, 0.4) is 0 Å². The summed E-state index contributed by atoms with van der Waals surface area (Å²) in [6.07, 6.45) is -0.582. The van der Waals surface area contributed by atoms with E-state index in [1.165, 1.54) is 0 Å². The van der Waals surface area contributed by atoms with Crippen LogP contribution >= 0.6 is 0 Å². The first-order valence-corrected chi connectivity index (χ1v) is 13.1. The average molecular weight is 381 g/mol. The van der Waals surface area contributed by atoms with E-state index in [0.29, 0.717) is 13.0 Å². The molecule has 0 bridgehead atoms. The van der Waals surface area contributed by atoms with E-state index in [1.807, 2.05) is 44.2 Å². The van der Waals surface area contributed by atoms with Gasteiger partial charge in [0.25, 0.3) is 0 Å². The molecular formula is C21H36O4Si. The molecule has 1 aromatic rings. The Morgan fingerprint density at radius 3 is 2.38 bits per heavy atom. The van der Waals surface area contributed by atoms with Gasteiger partial charge in [-0.05, 0) is 37.4 Å². The van der Waals surface area contributed by atoms with Gasteiger partial charge >= 0.3 is 0 Å². The summed E-state index contributed by atoms with van der Waals surface area (Å²) < 4.78 is 17.0. The van der Waals surface area contributed by atoms with Gasteiger partial charge < -0.3 is 19.3 Å². The Labute approximate surface area is 160 Å². The molecule has 0 aliphatic carbocycles. The lowest BCUT2D eigenvalue weighted by Crippen LogP contribution is -2.28. The van der Waals surface area contributed by atoms with Crippen LogP contribution in [-0.2, 0) is 20.8 Å². The summed E-state index contributed by atoms with van der Waals surface area (Å²) in [6, 6.07) is 11.1. The van der Waals surface area contributed by atoms with Crippen molar-refractivity contribution >= 4 is 8.07 Å². The van der Waals surface area contributed by atoms with Crippen molar-refractivity contribution in [3.63, 3.8) is 0 Å². The number of hydrogen-bond acceptors (Lipinski definition) is 4. The van der Waals surface area contributed by atoms with Gasteiger partial charge in [-0.25, -0.2) is 0 Å². The zero-order valence-corrected chi connectivity index (χ0v) is 18.0. The maximum absolute atomic E-state index is 10.3. The molecule has 1 aromatic carbocycles. The Morgan fingerprint density at radius 2 is 1.77 bits per heavy atom. The standard InChI is InChI=1S/C21H36O4Si/c1-17(18(2)25-16-23-12-13-26(4,5)6)14-21(22)19(3)24-15-20-10-8-7-9-11-20/h7-11,18-19,21-22H,1,12-16H2,2-6H3/t18-,19-,21+/m1/s1. The summed E-state index contributed by atoms with van der Waals surface area (Å²) in [4.78, 5) is 0. The first-order valence-electron chi connectivity index (χ1n) is 9.39. The molecule has 0 fully saturated rings. The molecule has 0 heterocycles. The Morgan fingerprint density at radius 1 is 1.12 bits per heavy atom. The first-order chi connectivity index (χ1) is 12.2. The predicted octanol–water partition coefficient (Wildman–Crippen LogP) is 4.62. The van der Waals surface area contributed by atoms with Crippen LogP contribution in [0.5, 0.6) is 0 Å². The van der Waals surface area contributed by atoms with E-state index in [1.54, 1.807) is 0 Å². The maximum Gasteiger partial charge on any atom is 0.147 e. The molecule has 26 heavy (non-hydrogen) atoms. The molecule has 0 spiro atoms. The third-order valence-corrected chi connectivity index (χ3v) is 6.05. The summed E-state index contributed by atoms with van der Waals surface area (Å²) in [6.45, 7) is 16.3. The summed E-state index contributed by atoms with van der Waals surface area (Å²) in [7, 11) is -1.07. The normalized spacial score (nSPS) is 15.5. The molecule has 1 N–H and O–H groups in total. The molecule has 0 aliphatic heterocycles. The maximum atomic E-state index is 10.3. The van der Waals surface area contributed by atoms with Crippen molar-refractivity contribution in [2.24, 2.45) is 0 Å². The average Bonchev–Trinajstić information content (AvgIpc) is 2.58. The molecule has 1 rings (SSSR count). The third kappa shape index (κ3) is 10.2. The Balaban J connectivity index is 2.22. The lowest BCUT2D eigenvalue weighted by Gasteiger charge is -2.23. The summed E-state index contributed by atoms with van der Waals surface area (Å²) >= 11 is 0. The first kappa shape index (κ1) is 23.1. The molecule has 0 amide bonds. The second kappa shape index (κ2) is 11.7. The second-order valence-corrected chi connectivity index (χ2v) is 13.7. The summed E-state index contributed by atoms with van der Waals surface area (Å²) in [5.74, 6) is 0. The highest BCUT2D eigenvalue weighted by Crippen LogP contribution is 2.16. The molecule has 3 atom stereocenters. The van der Waals surface area contributed by atoms with Crippen LogP contribution in [0.4, 0.5) is 0 Å². The van der Waals surface area contributed by atoms with E-state index in [0.717, 1.165) is 23.8 Å². The van der Waals surface area contributed by atoms with Crippen LogP contribution in [0.25, 0.3) is 0 Å². The van der Waals surface area contributed by atoms with Gasteiger partial charge in [0.1, 0.15) is 6.79 Å². The molecule has 4 nitrogen and oxygen atoms in total. The fourth-order valence-corrected chi connectivity index (χ4v) is 2.98. The highest BCUT2D eigenvalue weighted by atomic mass is 28.3. The van der Waals surface area contributed by atoms with Crippen molar-refractivity contribution in [1.29, 1.82) is 0 Å². The smallest absolute Gasteiger partial charge is 0.147 e. The second-order valence-electron chi connectivity index (χ2n) is 8.08. The highest BCUT2D eigenvalue weighted by Gasteiger charge is 2.19. The van der Waals surface area contributed by atoms with Gasteiger partial charge in [0.05, 0.1) is 24.9 Å². The number of ether oxygens (including phenoxy) is 3. The largest absolute Gasteiger partial charge is 0.390 e. The van der Waals surface area contributed by atoms with Gasteiger partial charge in [-0.3, -0.25) is 0 Å². The summed E-state index contributed by atoms with van der Waals surface area (Å²) in [5, 5.41) is 10.3. The van der Waals surface area contributed by atoms with Crippen LogP contribution in [-0.4, -0.2) is 44.9 Å². The van der Waals surface area contributed by atoms with Gasteiger partial charge in [-0.2, -0.15) is 0 Å². The zero-order chi connectivity index (χ0) is 19.6. The third-order valence-electron chi connectivity index (χ3n) is 4.34. The Kier molecular flexibility index (Phi) is 10.4. The van der Waals surface area contributed by atoms with E-state index < -0.39 is 14.2 Å². The van der Waals surface area contributed by atoms with E-state index in [-0.39, 0.29) is 19.0 Å². The fourth-order valence-electron chi connectivity index (χ4n) is 2.22. The van der Waals surface area contributed by atoms with Crippen LogP contribution in [0.1, 0.15) is 25.8 Å². The molecule has 0 saturated carbocycles. The number of benzene rings is 1. The van der Waals surface area contributed by atoms with Gasteiger partial charge in [0.15, 0.2) is 0 Å². The molecular weight excluding hydrogens is 344 g/mol. The topological polar surface area (TPSA) is 47.9 Å². The molecule has 148 valence electrons. The zero-order valence-electron chi connectivity index (χ0n) is 17.0. The predicted molar refractivity (Wildman–Crippen MR) is 110 cm³/mol. The minimum atomic E-state index is -1.07. The van der Waals surface area contributed by atoms with Crippen LogP contribution in [0.2, 0.25) is 25.7 Å². The number of aliphatic hydroxyl groups excluding tert-OH is 1. The van der Waals surface area contributed by atoms with Crippen LogP contribution in [0, 0.1) is 0 Å². The van der Waals surface area contributed by atoms with Gasteiger partial charge in [0, 0.05) is 14.7 Å². The Bertz CT molecular complexity index is 512. The SMILES string of the molecule is C=C(C[C@H](O)[C@@H](C)OCc1ccccc1)[C@@H](C)OCOCC[Si](C)(C)C. The van der Waals surface area contributed by atoms with Crippen molar-refractivity contribution in [1.82, 2.24) is 0 Å². The Hall–Kier alpha value is -0.983. The van der Waals surface area contributed by atoms with Crippen molar-refractivity contribution in [2.75, 3.05) is 13.4 Å². The van der Waals surface area contributed by atoms with Crippen LogP contribution in [0.15, 0.2) is 42.5 Å².